The second-order valence-electron chi connectivity index (χ2n) is 5.55. The molecule has 0 unspecified atom stereocenters. The summed E-state index contributed by atoms with van der Waals surface area (Å²) in [6.45, 7) is 7.94. The van der Waals surface area contributed by atoms with Crippen molar-refractivity contribution in [3.05, 3.63) is 46.5 Å². The molecular formula is C18H20O2. The van der Waals surface area contributed by atoms with Crippen molar-refractivity contribution >= 4 is 22.9 Å². The van der Waals surface area contributed by atoms with Gasteiger partial charge in [0, 0.05) is 21.9 Å². The Morgan fingerprint density at radius 2 is 1.05 bits per heavy atom. The van der Waals surface area contributed by atoms with Gasteiger partial charge >= 0.3 is 0 Å². The monoisotopic (exact) mass is 268 g/mol. The summed E-state index contributed by atoms with van der Waals surface area (Å²) in [7, 11) is 0. The minimum atomic E-state index is 0.211. The molecule has 104 valence electrons. The number of rotatable bonds is 2. The van der Waals surface area contributed by atoms with Gasteiger partial charge in [0.2, 0.25) is 0 Å². The van der Waals surface area contributed by atoms with E-state index in [2.05, 4.69) is 0 Å². The highest BCUT2D eigenvalue weighted by Crippen LogP contribution is 2.37. The fourth-order valence-electron chi connectivity index (χ4n) is 2.26. The van der Waals surface area contributed by atoms with Gasteiger partial charge in [-0.05, 0) is 39.8 Å². The molecule has 0 amide bonds. The third-order valence-corrected chi connectivity index (χ3v) is 3.09. The van der Waals surface area contributed by atoms with Gasteiger partial charge in [-0.25, -0.2) is 0 Å². The van der Waals surface area contributed by atoms with Crippen LogP contribution >= 0.6 is 0 Å². The summed E-state index contributed by atoms with van der Waals surface area (Å²) in [6.07, 6.45) is 3.85. The molecule has 0 saturated heterocycles. The highest BCUT2D eigenvalue weighted by atomic mass is 16.3. The SMILES string of the molecule is CC(C)=Cc1ccc2c(O)c(C=C(C)C)ccc2c1O. The topological polar surface area (TPSA) is 40.5 Å². The van der Waals surface area contributed by atoms with Crippen LogP contribution in [-0.2, 0) is 0 Å². The predicted molar refractivity (Wildman–Crippen MR) is 85.9 cm³/mol. The molecule has 0 atom stereocenters. The Labute approximate surface area is 119 Å². The van der Waals surface area contributed by atoms with E-state index >= 15 is 0 Å². The Morgan fingerprint density at radius 1 is 0.700 bits per heavy atom. The Balaban J connectivity index is 2.71. The largest absolute Gasteiger partial charge is 0.507 e. The lowest BCUT2D eigenvalue weighted by molar-refractivity contribution is 0.474. The van der Waals surface area contributed by atoms with Gasteiger partial charge in [0.1, 0.15) is 11.5 Å². The van der Waals surface area contributed by atoms with Crippen LogP contribution in [0.4, 0.5) is 0 Å². The molecule has 0 spiro atoms. The molecule has 2 rings (SSSR count). The van der Waals surface area contributed by atoms with Crippen LogP contribution in [0.1, 0.15) is 38.8 Å². The van der Waals surface area contributed by atoms with Crippen LogP contribution in [0.2, 0.25) is 0 Å². The van der Waals surface area contributed by atoms with E-state index in [1.54, 1.807) is 0 Å². The molecule has 0 aromatic heterocycles. The number of hydrogen-bond donors (Lipinski definition) is 2. The highest BCUT2D eigenvalue weighted by Gasteiger charge is 2.10. The van der Waals surface area contributed by atoms with Crippen molar-refractivity contribution in [3.8, 4) is 11.5 Å². The van der Waals surface area contributed by atoms with Gasteiger partial charge in [-0.15, -0.1) is 0 Å². The van der Waals surface area contributed by atoms with Crippen LogP contribution in [0.15, 0.2) is 35.4 Å². The van der Waals surface area contributed by atoms with Crippen LogP contribution in [0, 0.1) is 0 Å². The fraction of sp³-hybridized carbons (Fsp3) is 0.222. The molecular weight excluding hydrogens is 248 g/mol. The van der Waals surface area contributed by atoms with Crippen molar-refractivity contribution in [1.29, 1.82) is 0 Å². The molecule has 0 fully saturated rings. The number of phenols is 2. The first-order chi connectivity index (χ1) is 9.40. The number of aromatic hydroxyl groups is 2. The van der Waals surface area contributed by atoms with Crippen LogP contribution in [0.5, 0.6) is 11.5 Å². The first-order valence-corrected chi connectivity index (χ1v) is 6.67. The zero-order valence-electron chi connectivity index (χ0n) is 12.4. The minimum Gasteiger partial charge on any atom is -0.507 e. The first kappa shape index (κ1) is 14.2. The van der Waals surface area contributed by atoms with E-state index in [9.17, 15) is 10.2 Å². The Kier molecular flexibility index (Phi) is 3.84. The number of allylic oxidation sites excluding steroid dienone is 2. The third kappa shape index (κ3) is 2.69. The van der Waals surface area contributed by atoms with Gasteiger partial charge < -0.3 is 10.2 Å². The van der Waals surface area contributed by atoms with Gasteiger partial charge in [-0.3, -0.25) is 0 Å². The molecule has 0 bridgehead atoms. The molecule has 0 saturated carbocycles. The van der Waals surface area contributed by atoms with Gasteiger partial charge in [-0.1, -0.05) is 35.4 Å². The van der Waals surface area contributed by atoms with Crippen LogP contribution < -0.4 is 0 Å². The molecule has 0 aliphatic carbocycles. The summed E-state index contributed by atoms with van der Waals surface area (Å²) in [4.78, 5) is 0. The van der Waals surface area contributed by atoms with E-state index in [-0.39, 0.29) is 11.5 Å². The molecule has 2 aromatic carbocycles. The summed E-state index contributed by atoms with van der Waals surface area (Å²) in [5, 5.41) is 22.0. The second kappa shape index (κ2) is 5.41. The van der Waals surface area contributed by atoms with E-state index in [1.807, 2.05) is 64.1 Å². The lowest BCUT2D eigenvalue weighted by Gasteiger charge is -2.09. The van der Waals surface area contributed by atoms with E-state index in [0.29, 0.717) is 10.8 Å². The average Bonchev–Trinajstić information content (AvgIpc) is 2.35. The summed E-state index contributed by atoms with van der Waals surface area (Å²) in [5.74, 6) is 0.422. The van der Waals surface area contributed by atoms with E-state index in [4.69, 9.17) is 0 Å². The number of hydrogen-bond acceptors (Lipinski definition) is 2. The Morgan fingerprint density at radius 3 is 1.35 bits per heavy atom. The number of benzene rings is 2. The standard InChI is InChI=1S/C18H20O2/c1-11(2)9-13-5-7-16-15(17(13)19)8-6-14(18(16)20)10-12(3)4/h5-10,19-20H,1-4H3. The quantitative estimate of drug-likeness (QED) is 0.795. The third-order valence-electron chi connectivity index (χ3n) is 3.09. The van der Waals surface area contributed by atoms with Gasteiger partial charge in [0.05, 0.1) is 0 Å². The highest BCUT2D eigenvalue weighted by molar-refractivity contribution is 5.97. The van der Waals surface area contributed by atoms with Gasteiger partial charge in [-0.2, -0.15) is 0 Å². The smallest absolute Gasteiger partial charge is 0.130 e. The average molecular weight is 268 g/mol. The van der Waals surface area contributed by atoms with Crippen molar-refractivity contribution < 1.29 is 10.2 Å². The van der Waals surface area contributed by atoms with Crippen molar-refractivity contribution in [3.63, 3.8) is 0 Å². The van der Waals surface area contributed by atoms with E-state index in [1.165, 1.54) is 0 Å². The molecule has 2 aromatic rings. The number of fused-ring (bicyclic) bond motifs is 1. The summed E-state index contributed by atoms with van der Waals surface area (Å²) in [6, 6.07) is 7.36. The maximum Gasteiger partial charge on any atom is 0.130 e. The normalized spacial score (nSPS) is 10.4. The van der Waals surface area contributed by atoms with Crippen molar-refractivity contribution in [2.75, 3.05) is 0 Å². The lowest BCUT2D eigenvalue weighted by atomic mass is 10.00. The molecule has 0 aliphatic heterocycles. The molecule has 2 heteroatoms. The van der Waals surface area contributed by atoms with Crippen LogP contribution in [0.3, 0.4) is 0 Å². The number of phenolic OH excluding ortho intramolecular Hbond substituents is 2. The zero-order valence-corrected chi connectivity index (χ0v) is 12.4. The van der Waals surface area contributed by atoms with E-state index < -0.39 is 0 Å². The fourth-order valence-corrected chi connectivity index (χ4v) is 2.26. The molecule has 20 heavy (non-hydrogen) atoms. The van der Waals surface area contributed by atoms with Crippen LogP contribution in [-0.4, -0.2) is 10.2 Å². The van der Waals surface area contributed by atoms with Gasteiger partial charge in [0.15, 0.2) is 0 Å². The molecule has 2 nitrogen and oxygen atoms in total. The minimum absolute atomic E-state index is 0.211. The molecule has 0 radical (unpaired) electrons. The van der Waals surface area contributed by atoms with Crippen molar-refractivity contribution in [1.82, 2.24) is 0 Å². The summed E-state index contributed by atoms with van der Waals surface area (Å²) >= 11 is 0. The predicted octanol–water partition coefficient (Wildman–Crippen LogP) is 5.10. The van der Waals surface area contributed by atoms with Crippen LogP contribution in [0.25, 0.3) is 22.9 Å². The molecule has 0 aliphatic rings. The summed E-state index contributed by atoms with van der Waals surface area (Å²) < 4.78 is 0. The molecule has 0 heterocycles. The lowest BCUT2D eigenvalue weighted by Crippen LogP contribution is -1.84. The Bertz CT molecular complexity index is 651. The zero-order chi connectivity index (χ0) is 14.9. The first-order valence-electron chi connectivity index (χ1n) is 6.67. The van der Waals surface area contributed by atoms with Crippen molar-refractivity contribution in [2.24, 2.45) is 0 Å². The maximum absolute atomic E-state index is 10.3. The second-order valence-corrected chi connectivity index (χ2v) is 5.55. The Hall–Kier alpha value is -2.22. The van der Waals surface area contributed by atoms with Gasteiger partial charge in [0.25, 0.3) is 0 Å². The van der Waals surface area contributed by atoms with E-state index in [0.717, 1.165) is 22.3 Å². The maximum atomic E-state index is 10.3. The summed E-state index contributed by atoms with van der Waals surface area (Å²) in [5.41, 5.74) is 3.77. The van der Waals surface area contributed by atoms with Crippen molar-refractivity contribution in [2.45, 2.75) is 27.7 Å². The molecule has 2 N–H and O–H groups in total.